The Hall–Kier alpha value is -2.49. The zero-order valence-corrected chi connectivity index (χ0v) is 17.7. The number of para-hydroxylation sites is 1. The quantitative estimate of drug-likeness (QED) is 0.585. The molecule has 2 aromatic carbocycles. The van der Waals surface area contributed by atoms with Gasteiger partial charge in [-0.25, -0.2) is 0 Å². The number of hydrogen-bond donors (Lipinski definition) is 1. The van der Waals surface area contributed by atoms with Crippen LogP contribution in [0.1, 0.15) is 56.7 Å². The van der Waals surface area contributed by atoms with E-state index >= 15 is 0 Å². The lowest BCUT2D eigenvalue weighted by Gasteiger charge is -2.19. The molecule has 0 unspecified atom stereocenters. The molecule has 28 heavy (non-hydrogen) atoms. The average molecular weight is 384 g/mol. The van der Waals surface area contributed by atoms with Crippen molar-refractivity contribution in [3.8, 4) is 11.5 Å². The van der Waals surface area contributed by atoms with Crippen LogP contribution in [0, 0.1) is 6.92 Å². The molecule has 152 valence electrons. The number of aryl methyl sites for hydroxylation is 2. The normalized spacial score (nSPS) is 11.9. The molecule has 1 atom stereocenters. The van der Waals surface area contributed by atoms with Gasteiger partial charge >= 0.3 is 0 Å². The van der Waals surface area contributed by atoms with Gasteiger partial charge in [0.15, 0.2) is 6.10 Å². The zero-order valence-electron chi connectivity index (χ0n) is 17.7. The first-order valence-corrected chi connectivity index (χ1v) is 10.2. The van der Waals surface area contributed by atoms with Crippen LogP contribution in [0.25, 0.3) is 0 Å². The highest BCUT2D eigenvalue weighted by atomic mass is 16.5. The number of ether oxygens (including phenoxy) is 2. The fraction of sp³-hybridized carbons (Fsp3) is 0.458. The number of rotatable bonds is 10. The third kappa shape index (κ3) is 6.29. The second-order valence-electron chi connectivity index (χ2n) is 7.39. The largest absolute Gasteiger partial charge is 0.494 e. The molecule has 0 aliphatic rings. The summed E-state index contributed by atoms with van der Waals surface area (Å²) in [5.74, 6) is 1.97. The number of benzene rings is 2. The minimum Gasteiger partial charge on any atom is -0.494 e. The molecule has 0 spiro atoms. The van der Waals surface area contributed by atoms with E-state index in [1.54, 1.807) is 6.92 Å². The minimum atomic E-state index is -0.532. The van der Waals surface area contributed by atoms with E-state index < -0.39 is 6.10 Å². The van der Waals surface area contributed by atoms with Gasteiger partial charge in [0.1, 0.15) is 11.5 Å². The lowest BCUT2D eigenvalue weighted by Crippen LogP contribution is -2.37. The topological polar surface area (TPSA) is 47.6 Å². The molecule has 0 saturated heterocycles. The summed E-state index contributed by atoms with van der Waals surface area (Å²) in [6, 6.07) is 14.2. The smallest absolute Gasteiger partial charge is 0.260 e. The molecule has 2 rings (SSSR count). The molecule has 1 N–H and O–H groups in total. The molecule has 0 aromatic heterocycles. The van der Waals surface area contributed by atoms with E-state index in [1.807, 2.05) is 38.1 Å². The summed E-state index contributed by atoms with van der Waals surface area (Å²) < 4.78 is 11.6. The fourth-order valence-corrected chi connectivity index (χ4v) is 3.11. The molecule has 1 amide bonds. The summed E-state index contributed by atoms with van der Waals surface area (Å²) in [6.07, 6.45) is 1.18. The van der Waals surface area contributed by atoms with E-state index in [9.17, 15) is 4.79 Å². The Balaban J connectivity index is 1.85. The van der Waals surface area contributed by atoms with Gasteiger partial charge in [0.05, 0.1) is 6.61 Å². The highest BCUT2D eigenvalue weighted by molar-refractivity contribution is 5.80. The number of nitrogens with one attached hydrogen (secondary N) is 1. The summed E-state index contributed by atoms with van der Waals surface area (Å²) >= 11 is 0. The molecular weight excluding hydrogens is 350 g/mol. The molecule has 0 aliphatic heterocycles. The van der Waals surface area contributed by atoms with Crippen molar-refractivity contribution in [2.45, 2.75) is 59.5 Å². The highest BCUT2D eigenvalue weighted by Gasteiger charge is 2.17. The number of amides is 1. The standard InChI is InChI=1S/C24H33NO3/c1-6-27-22-12-8-7-10-20(22)11-9-15-25-24(26)19(5)28-23-16-18(4)13-14-21(23)17(2)3/h7-8,10,12-14,16-17,19H,6,9,11,15H2,1-5H3,(H,25,26)/t19-/m1/s1. The van der Waals surface area contributed by atoms with E-state index in [4.69, 9.17) is 9.47 Å². The van der Waals surface area contributed by atoms with Gasteiger partial charge in [0.2, 0.25) is 0 Å². The predicted octanol–water partition coefficient (Wildman–Crippen LogP) is 5.03. The predicted molar refractivity (Wildman–Crippen MR) is 114 cm³/mol. The van der Waals surface area contributed by atoms with E-state index in [0.717, 1.165) is 35.5 Å². The van der Waals surface area contributed by atoms with Gasteiger partial charge < -0.3 is 14.8 Å². The lowest BCUT2D eigenvalue weighted by molar-refractivity contribution is -0.127. The second-order valence-corrected chi connectivity index (χ2v) is 7.39. The molecular formula is C24H33NO3. The van der Waals surface area contributed by atoms with Gasteiger partial charge in [-0.15, -0.1) is 0 Å². The Morgan fingerprint density at radius 2 is 1.82 bits per heavy atom. The molecule has 4 nitrogen and oxygen atoms in total. The van der Waals surface area contributed by atoms with Crippen molar-refractivity contribution in [1.82, 2.24) is 5.32 Å². The van der Waals surface area contributed by atoms with Gasteiger partial charge in [0, 0.05) is 6.54 Å². The van der Waals surface area contributed by atoms with E-state index in [1.165, 1.54) is 5.56 Å². The van der Waals surface area contributed by atoms with Crippen LogP contribution in [-0.4, -0.2) is 25.2 Å². The minimum absolute atomic E-state index is 0.0886. The molecule has 0 bridgehead atoms. The van der Waals surface area contributed by atoms with Crippen LogP contribution >= 0.6 is 0 Å². The SMILES string of the molecule is CCOc1ccccc1CCCNC(=O)[C@@H](C)Oc1cc(C)ccc1C(C)C. The van der Waals surface area contributed by atoms with Gasteiger partial charge in [-0.1, -0.05) is 44.2 Å². The Morgan fingerprint density at radius 1 is 1.07 bits per heavy atom. The van der Waals surface area contributed by atoms with Crippen molar-refractivity contribution in [3.05, 3.63) is 59.2 Å². The van der Waals surface area contributed by atoms with E-state index in [-0.39, 0.29) is 5.91 Å². The van der Waals surface area contributed by atoms with Crippen molar-refractivity contribution in [2.75, 3.05) is 13.2 Å². The van der Waals surface area contributed by atoms with Crippen molar-refractivity contribution >= 4 is 5.91 Å². The van der Waals surface area contributed by atoms with Crippen molar-refractivity contribution in [3.63, 3.8) is 0 Å². The van der Waals surface area contributed by atoms with Crippen LogP contribution in [0.3, 0.4) is 0 Å². The zero-order chi connectivity index (χ0) is 20.5. The van der Waals surface area contributed by atoms with Crippen LogP contribution in [0.4, 0.5) is 0 Å². The molecule has 0 radical (unpaired) electrons. The summed E-state index contributed by atoms with van der Waals surface area (Å²) in [5.41, 5.74) is 3.42. The van der Waals surface area contributed by atoms with Crippen molar-refractivity contribution in [1.29, 1.82) is 0 Å². The van der Waals surface area contributed by atoms with Gasteiger partial charge in [-0.2, -0.15) is 0 Å². The number of carbonyl (C=O) groups excluding carboxylic acids is 1. The Kier molecular flexibility index (Phi) is 8.37. The van der Waals surface area contributed by atoms with Crippen LogP contribution in [0.5, 0.6) is 11.5 Å². The fourth-order valence-electron chi connectivity index (χ4n) is 3.11. The average Bonchev–Trinajstić information content (AvgIpc) is 2.66. The van der Waals surface area contributed by atoms with E-state index in [0.29, 0.717) is 19.1 Å². The molecule has 0 aliphatic carbocycles. The lowest BCUT2D eigenvalue weighted by atomic mass is 10.0. The maximum atomic E-state index is 12.4. The number of hydrogen-bond acceptors (Lipinski definition) is 3. The van der Waals surface area contributed by atoms with Crippen LogP contribution in [0.15, 0.2) is 42.5 Å². The summed E-state index contributed by atoms with van der Waals surface area (Å²) in [7, 11) is 0. The Morgan fingerprint density at radius 3 is 2.54 bits per heavy atom. The Bertz CT molecular complexity index is 770. The van der Waals surface area contributed by atoms with Crippen LogP contribution in [0.2, 0.25) is 0 Å². The molecule has 4 heteroatoms. The van der Waals surface area contributed by atoms with Gasteiger partial charge in [-0.05, 0) is 68.4 Å². The van der Waals surface area contributed by atoms with Crippen LogP contribution < -0.4 is 14.8 Å². The maximum absolute atomic E-state index is 12.4. The second kappa shape index (κ2) is 10.7. The Labute approximate surface area is 169 Å². The van der Waals surface area contributed by atoms with Crippen LogP contribution in [-0.2, 0) is 11.2 Å². The molecule has 0 fully saturated rings. The third-order valence-corrected chi connectivity index (χ3v) is 4.66. The molecule has 2 aromatic rings. The van der Waals surface area contributed by atoms with Gasteiger partial charge in [-0.3, -0.25) is 4.79 Å². The summed E-state index contributed by atoms with van der Waals surface area (Å²) in [6.45, 7) is 11.3. The maximum Gasteiger partial charge on any atom is 0.260 e. The first-order chi connectivity index (χ1) is 13.4. The van der Waals surface area contributed by atoms with E-state index in [2.05, 4.69) is 37.4 Å². The van der Waals surface area contributed by atoms with Gasteiger partial charge in [0.25, 0.3) is 5.91 Å². The van der Waals surface area contributed by atoms with Crippen molar-refractivity contribution in [2.24, 2.45) is 0 Å². The number of carbonyl (C=O) groups is 1. The highest BCUT2D eigenvalue weighted by Crippen LogP contribution is 2.28. The molecule has 0 heterocycles. The summed E-state index contributed by atoms with van der Waals surface area (Å²) in [4.78, 5) is 12.4. The third-order valence-electron chi connectivity index (χ3n) is 4.66. The summed E-state index contributed by atoms with van der Waals surface area (Å²) in [5, 5.41) is 2.98. The molecule has 0 saturated carbocycles. The first-order valence-electron chi connectivity index (χ1n) is 10.2. The van der Waals surface area contributed by atoms with Crippen molar-refractivity contribution < 1.29 is 14.3 Å². The monoisotopic (exact) mass is 383 g/mol. The first kappa shape index (κ1) is 21.8.